The molecule has 0 saturated heterocycles. The zero-order valence-electron chi connectivity index (χ0n) is 14.3. The standard InChI is InChI=1S/C17H14F2N4O3S/c1-7-8(2)22-23-16-12(7)13(20)14(27-16)15(24)21-6-9-3-4-10-11(5-9)26-17(18,19)25-10/h3-5H,6,20H2,1-2H3,(H,21,24). The van der Waals surface area contributed by atoms with Crippen LogP contribution in [0.2, 0.25) is 0 Å². The first-order valence-electron chi connectivity index (χ1n) is 7.94. The third-order valence-corrected chi connectivity index (χ3v) is 5.35. The number of alkyl halides is 2. The lowest BCUT2D eigenvalue weighted by Gasteiger charge is -2.06. The molecule has 27 heavy (non-hydrogen) atoms. The third kappa shape index (κ3) is 3.01. The van der Waals surface area contributed by atoms with Gasteiger partial charge in [0.2, 0.25) is 0 Å². The molecule has 0 atom stereocenters. The largest absolute Gasteiger partial charge is 0.586 e. The number of thiophene rings is 1. The number of aryl methyl sites for hydroxylation is 2. The Morgan fingerprint density at radius 2 is 2.00 bits per heavy atom. The number of amides is 1. The van der Waals surface area contributed by atoms with Gasteiger partial charge in [-0.15, -0.1) is 25.2 Å². The molecule has 0 spiro atoms. The van der Waals surface area contributed by atoms with Gasteiger partial charge in [0.25, 0.3) is 5.91 Å². The summed E-state index contributed by atoms with van der Waals surface area (Å²) < 4.78 is 34.9. The van der Waals surface area contributed by atoms with Crippen molar-refractivity contribution in [2.45, 2.75) is 26.7 Å². The summed E-state index contributed by atoms with van der Waals surface area (Å²) in [7, 11) is 0. The Hall–Kier alpha value is -3.01. The summed E-state index contributed by atoms with van der Waals surface area (Å²) in [6, 6.07) is 4.33. The Morgan fingerprint density at radius 3 is 2.78 bits per heavy atom. The lowest BCUT2D eigenvalue weighted by atomic mass is 10.1. The number of nitrogens with two attached hydrogens (primary N) is 1. The molecule has 2 aromatic heterocycles. The number of hydrogen-bond donors (Lipinski definition) is 2. The first kappa shape index (κ1) is 17.4. The zero-order chi connectivity index (χ0) is 19.3. The molecule has 3 heterocycles. The van der Waals surface area contributed by atoms with E-state index in [1.165, 1.54) is 12.1 Å². The molecule has 0 bridgehead atoms. The maximum absolute atomic E-state index is 13.1. The second kappa shape index (κ2) is 6.02. The summed E-state index contributed by atoms with van der Waals surface area (Å²) in [6.45, 7) is 3.81. The summed E-state index contributed by atoms with van der Waals surface area (Å²) in [5.41, 5.74) is 8.70. The van der Waals surface area contributed by atoms with E-state index in [2.05, 4.69) is 25.0 Å². The van der Waals surface area contributed by atoms with Gasteiger partial charge in [0.1, 0.15) is 9.71 Å². The maximum atomic E-state index is 13.1. The number of anilines is 1. The van der Waals surface area contributed by atoms with Crippen LogP contribution in [0.4, 0.5) is 14.5 Å². The van der Waals surface area contributed by atoms with Crippen molar-refractivity contribution in [3.8, 4) is 11.5 Å². The van der Waals surface area contributed by atoms with Gasteiger partial charge >= 0.3 is 6.29 Å². The van der Waals surface area contributed by atoms with Gasteiger partial charge in [0.15, 0.2) is 11.5 Å². The van der Waals surface area contributed by atoms with Gasteiger partial charge in [-0.25, -0.2) is 0 Å². The number of rotatable bonds is 3. The van der Waals surface area contributed by atoms with E-state index in [0.717, 1.165) is 28.0 Å². The van der Waals surface area contributed by atoms with Crippen LogP contribution in [0.15, 0.2) is 18.2 Å². The third-order valence-electron chi connectivity index (χ3n) is 4.26. The summed E-state index contributed by atoms with van der Waals surface area (Å²) in [4.78, 5) is 13.5. The Bertz CT molecular complexity index is 1080. The quantitative estimate of drug-likeness (QED) is 0.710. The molecule has 0 unspecified atom stereocenters. The molecule has 4 rings (SSSR count). The Balaban J connectivity index is 1.53. The highest BCUT2D eigenvalue weighted by molar-refractivity contribution is 7.21. The highest BCUT2D eigenvalue weighted by Gasteiger charge is 2.43. The zero-order valence-corrected chi connectivity index (χ0v) is 15.1. The van der Waals surface area contributed by atoms with Crippen molar-refractivity contribution in [1.82, 2.24) is 15.5 Å². The van der Waals surface area contributed by atoms with Gasteiger partial charge in [-0.05, 0) is 37.1 Å². The number of fused-ring (bicyclic) bond motifs is 2. The topological polar surface area (TPSA) is 99.4 Å². The number of nitrogen functional groups attached to an aromatic ring is 1. The number of nitrogens with zero attached hydrogens (tertiary/aromatic N) is 2. The number of ether oxygens (including phenoxy) is 2. The van der Waals surface area contributed by atoms with Crippen LogP contribution >= 0.6 is 11.3 Å². The number of aromatic nitrogens is 2. The summed E-state index contributed by atoms with van der Waals surface area (Å²) >= 11 is 1.16. The molecule has 3 N–H and O–H groups in total. The van der Waals surface area contributed by atoms with E-state index < -0.39 is 6.29 Å². The van der Waals surface area contributed by atoms with Crippen LogP contribution in [-0.4, -0.2) is 22.4 Å². The minimum atomic E-state index is -3.67. The molecule has 0 aliphatic carbocycles. The van der Waals surface area contributed by atoms with E-state index in [1.54, 1.807) is 6.07 Å². The minimum Gasteiger partial charge on any atom is -0.397 e. The molecule has 1 amide bonds. The highest BCUT2D eigenvalue weighted by Crippen LogP contribution is 2.41. The fourth-order valence-corrected chi connectivity index (χ4v) is 3.79. The molecular weight excluding hydrogens is 378 g/mol. The number of carbonyl (C=O) groups excluding carboxylic acids is 1. The highest BCUT2D eigenvalue weighted by atomic mass is 32.1. The average Bonchev–Trinajstić information content (AvgIpc) is 3.11. The van der Waals surface area contributed by atoms with Crippen LogP contribution in [0.25, 0.3) is 10.2 Å². The molecule has 3 aromatic rings. The predicted molar refractivity (Wildman–Crippen MR) is 95.1 cm³/mol. The van der Waals surface area contributed by atoms with Crippen molar-refractivity contribution in [1.29, 1.82) is 0 Å². The molecule has 0 fully saturated rings. The van der Waals surface area contributed by atoms with Crippen LogP contribution in [0.3, 0.4) is 0 Å². The monoisotopic (exact) mass is 392 g/mol. The molecule has 10 heteroatoms. The SMILES string of the molecule is Cc1nnc2sc(C(=O)NCc3ccc4c(c3)OC(F)(F)O4)c(N)c2c1C. The van der Waals surface area contributed by atoms with E-state index in [4.69, 9.17) is 5.73 Å². The second-order valence-electron chi connectivity index (χ2n) is 6.07. The van der Waals surface area contributed by atoms with E-state index in [-0.39, 0.29) is 24.0 Å². The molecule has 1 aromatic carbocycles. The van der Waals surface area contributed by atoms with Crippen molar-refractivity contribution < 1.29 is 23.0 Å². The number of hydrogen-bond acceptors (Lipinski definition) is 7. The van der Waals surface area contributed by atoms with Crippen molar-refractivity contribution >= 4 is 33.1 Å². The first-order valence-corrected chi connectivity index (χ1v) is 8.75. The first-order chi connectivity index (χ1) is 12.7. The Kier molecular flexibility index (Phi) is 3.88. The van der Waals surface area contributed by atoms with Gasteiger partial charge < -0.3 is 20.5 Å². The fraction of sp³-hybridized carbons (Fsp3) is 0.235. The molecule has 0 radical (unpaired) electrons. The summed E-state index contributed by atoms with van der Waals surface area (Å²) in [6.07, 6.45) is -3.67. The average molecular weight is 392 g/mol. The van der Waals surface area contributed by atoms with Crippen molar-refractivity contribution in [3.63, 3.8) is 0 Å². The molecule has 1 aliphatic rings. The fourth-order valence-electron chi connectivity index (χ4n) is 2.78. The van der Waals surface area contributed by atoms with E-state index in [1.807, 2.05) is 13.8 Å². The van der Waals surface area contributed by atoms with Crippen LogP contribution in [0.5, 0.6) is 11.5 Å². The summed E-state index contributed by atoms with van der Waals surface area (Å²) in [5, 5.41) is 11.6. The number of benzene rings is 1. The molecule has 7 nitrogen and oxygen atoms in total. The molecule has 0 saturated carbocycles. The minimum absolute atomic E-state index is 0.0479. The van der Waals surface area contributed by atoms with Crippen LogP contribution in [0, 0.1) is 13.8 Å². The van der Waals surface area contributed by atoms with Crippen LogP contribution < -0.4 is 20.5 Å². The molecule has 140 valence electrons. The van der Waals surface area contributed by atoms with Gasteiger partial charge in [0.05, 0.1) is 11.4 Å². The van der Waals surface area contributed by atoms with Gasteiger partial charge in [-0.2, -0.15) is 5.10 Å². The van der Waals surface area contributed by atoms with Gasteiger partial charge in [-0.1, -0.05) is 6.07 Å². The molecule has 1 aliphatic heterocycles. The van der Waals surface area contributed by atoms with E-state index in [9.17, 15) is 13.6 Å². The Labute approximate surface area is 156 Å². The Morgan fingerprint density at radius 1 is 1.26 bits per heavy atom. The van der Waals surface area contributed by atoms with Crippen molar-refractivity contribution in [2.24, 2.45) is 0 Å². The van der Waals surface area contributed by atoms with Gasteiger partial charge in [0, 0.05) is 11.9 Å². The number of carbonyl (C=O) groups is 1. The smallest absolute Gasteiger partial charge is 0.397 e. The van der Waals surface area contributed by atoms with Crippen molar-refractivity contribution in [3.05, 3.63) is 39.9 Å². The lowest BCUT2D eigenvalue weighted by molar-refractivity contribution is -0.286. The normalized spacial score (nSPS) is 14.5. The number of nitrogens with one attached hydrogen (secondary N) is 1. The van der Waals surface area contributed by atoms with Gasteiger partial charge in [-0.3, -0.25) is 4.79 Å². The van der Waals surface area contributed by atoms with Crippen LogP contribution in [0.1, 0.15) is 26.5 Å². The lowest BCUT2D eigenvalue weighted by Crippen LogP contribution is -2.26. The second-order valence-corrected chi connectivity index (χ2v) is 7.07. The van der Waals surface area contributed by atoms with E-state index in [0.29, 0.717) is 21.0 Å². The van der Waals surface area contributed by atoms with Crippen LogP contribution in [-0.2, 0) is 6.54 Å². The summed E-state index contributed by atoms with van der Waals surface area (Å²) in [5.74, 6) is -0.502. The van der Waals surface area contributed by atoms with Crippen molar-refractivity contribution in [2.75, 3.05) is 5.73 Å². The maximum Gasteiger partial charge on any atom is 0.586 e. The van der Waals surface area contributed by atoms with E-state index >= 15 is 0 Å². The number of halogens is 2. The predicted octanol–water partition coefficient (Wildman–Crippen LogP) is 3.14. The molecular formula is C17H14F2N4O3S.